The summed E-state index contributed by atoms with van der Waals surface area (Å²) in [6, 6.07) is 19.8. The molecule has 0 atom stereocenters. The fraction of sp³-hybridized carbons (Fsp3) is 0.391. The number of nitrogens with one attached hydrogen (secondary N) is 1. The Morgan fingerprint density at radius 2 is 1.61 bits per heavy atom. The van der Waals surface area contributed by atoms with Gasteiger partial charge in [0.2, 0.25) is 11.8 Å². The third-order valence-corrected chi connectivity index (χ3v) is 4.96. The summed E-state index contributed by atoms with van der Waals surface area (Å²) in [6.07, 6.45) is 3.44. The summed E-state index contributed by atoms with van der Waals surface area (Å²) in [5, 5.41) is 2.87. The Labute approximate surface area is 166 Å². The molecule has 5 heteroatoms. The maximum absolute atomic E-state index is 12.3. The average molecular weight is 380 g/mol. The molecule has 0 saturated carbocycles. The molecule has 28 heavy (non-hydrogen) atoms. The lowest BCUT2D eigenvalue weighted by molar-refractivity contribution is -0.132. The summed E-state index contributed by atoms with van der Waals surface area (Å²) < 4.78 is 5.97. The predicted octanol–water partition coefficient (Wildman–Crippen LogP) is 3.31. The zero-order valence-corrected chi connectivity index (χ0v) is 16.2. The van der Waals surface area contributed by atoms with Crippen molar-refractivity contribution in [2.45, 2.75) is 31.8 Å². The minimum atomic E-state index is -0.291. The first-order valence-corrected chi connectivity index (χ1v) is 10.00. The lowest BCUT2D eigenvalue weighted by Crippen LogP contribution is -2.39. The molecule has 1 N–H and O–H groups in total. The van der Waals surface area contributed by atoms with Crippen LogP contribution in [-0.4, -0.2) is 43.0 Å². The van der Waals surface area contributed by atoms with Crippen LogP contribution in [0.5, 0.6) is 0 Å². The van der Waals surface area contributed by atoms with Crippen LogP contribution in [0.15, 0.2) is 60.7 Å². The monoisotopic (exact) mass is 380 g/mol. The predicted molar refractivity (Wildman–Crippen MR) is 109 cm³/mol. The fourth-order valence-electron chi connectivity index (χ4n) is 3.46. The van der Waals surface area contributed by atoms with Crippen LogP contribution in [0.1, 0.15) is 42.9 Å². The van der Waals surface area contributed by atoms with Gasteiger partial charge in [-0.2, -0.15) is 0 Å². The Morgan fingerprint density at radius 1 is 0.964 bits per heavy atom. The van der Waals surface area contributed by atoms with Crippen molar-refractivity contribution >= 4 is 11.8 Å². The van der Waals surface area contributed by atoms with E-state index in [1.165, 1.54) is 0 Å². The van der Waals surface area contributed by atoms with Crippen LogP contribution in [0.4, 0.5) is 0 Å². The van der Waals surface area contributed by atoms with Crippen molar-refractivity contribution in [1.82, 2.24) is 10.2 Å². The minimum absolute atomic E-state index is 0.0254. The smallest absolute Gasteiger partial charge is 0.246 e. The summed E-state index contributed by atoms with van der Waals surface area (Å²) in [6.45, 7) is 1.78. The number of nitrogens with zero attached hydrogens (tertiary/aromatic N) is 1. The van der Waals surface area contributed by atoms with Crippen molar-refractivity contribution in [3.63, 3.8) is 0 Å². The van der Waals surface area contributed by atoms with Gasteiger partial charge in [-0.05, 0) is 24.0 Å². The van der Waals surface area contributed by atoms with Crippen LogP contribution >= 0.6 is 0 Å². The van der Waals surface area contributed by atoms with Crippen LogP contribution in [-0.2, 0) is 14.3 Å². The second-order valence-electron chi connectivity index (χ2n) is 7.05. The van der Waals surface area contributed by atoms with Crippen molar-refractivity contribution in [3.05, 3.63) is 71.8 Å². The number of hydrogen-bond donors (Lipinski definition) is 1. The molecule has 5 nitrogen and oxygen atoms in total. The van der Waals surface area contributed by atoms with Gasteiger partial charge >= 0.3 is 0 Å². The van der Waals surface area contributed by atoms with Crippen LogP contribution in [0, 0.1) is 0 Å². The zero-order valence-electron chi connectivity index (χ0n) is 16.2. The van der Waals surface area contributed by atoms with Gasteiger partial charge in [0.05, 0.1) is 0 Å². The molecular formula is C23H28N2O3. The van der Waals surface area contributed by atoms with E-state index in [0.717, 1.165) is 36.9 Å². The normalized spacial score (nSPS) is 14.8. The van der Waals surface area contributed by atoms with E-state index >= 15 is 0 Å². The summed E-state index contributed by atoms with van der Waals surface area (Å²) >= 11 is 0. The van der Waals surface area contributed by atoms with Gasteiger partial charge < -0.3 is 15.0 Å². The van der Waals surface area contributed by atoms with Crippen molar-refractivity contribution in [2.75, 3.05) is 26.2 Å². The van der Waals surface area contributed by atoms with E-state index in [4.69, 9.17) is 4.74 Å². The highest BCUT2D eigenvalue weighted by Gasteiger charge is 2.18. The Bertz CT molecular complexity index is 709. The van der Waals surface area contributed by atoms with Gasteiger partial charge in [0.15, 0.2) is 0 Å². The molecule has 2 amide bonds. The Balaban J connectivity index is 1.50. The highest BCUT2D eigenvalue weighted by atomic mass is 16.5. The van der Waals surface area contributed by atoms with E-state index in [-0.39, 0.29) is 24.5 Å². The molecule has 0 aromatic heterocycles. The lowest BCUT2D eigenvalue weighted by atomic mass is 10.0. The van der Waals surface area contributed by atoms with Gasteiger partial charge in [0.1, 0.15) is 12.7 Å². The highest BCUT2D eigenvalue weighted by molar-refractivity contribution is 5.78. The topological polar surface area (TPSA) is 58.6 Å². The molecule has 1 saturated heterocycles. The molecule has 2 aromatic rings. The molecule has 1 fully saturated rings. The van der Waals surface area contributed by atoms with Crippen LogP contribution in [0.2, 0.25) is 0 Å². The van der Waals surface area contributed by atoms with Crippen LogP contribution < -0.4 is 5.32 Å². The number of likely N-dealkylation sites (tertiary alicyclic amines) is 1. The first kappa shape index (κ1) is 20.1. The van der Waals surface area contributed by atoms with Gasteiger partial charge in [0, 0.05) is 26.1 Å². The van der Waals surface area contributed by atoms with Gasteiger partial charge in [-0.15, -0.1) is 0 Å². The summed E-state index contributed by atoms with van der Waals surface area (Å²) in [4.78, 5) is 26.1. The largest absolute Gasteiger partial charge is 0.359 e. The molecule has 1 aliphatic rings. The second kappa shape index (κ2) is 10.6. The number of hydrogen-bond acceptors (Lipinski definition) is 3. The number of carbonyl (C=O) groups is 2. The maximum atomic E-state index is 12.3. The Hall–Kier alpha value is -2.66. The fourth-order valence-corrected chi connectivity index (χ4v) is 3.46. The van der Waals surface area contributed by atoms with E-state index in [2.05, 4.69) is 5.32 Å². The van der Waals surface area contributed by atoms with E-state index in [9.17, 15) is 9.59 Å². The van der Waals surface area contributed by atoms with E-state index in [1.807, 2.05) is 65.6 Å². The molecular weight excluding hydrogens is 352 g/mol. The SMILES string of the molecule is O=C(COC(c1ccccc1)c1ccccc1)NCCN1CCCCCC1=O. The van der Waals surface area contributed by atoms with Crippen molar-refractivity contribution in [3.8, 4) is 0 Å². The lowest BCUT2D eigenvalue weighted by Gasteiger charge is -2.21. The van der Waals surface area contributed by atoms with E-state index in [0.29, 0.717) is 19.5 Å². The summed E-state index contributed by atoms with van der Waals surface area (Å²) in [7, 11) is 0. The molecule has 0 bridgehead atoms. The molecule has 0 unspecified atom stereocenters. The quantitative estimate of drug-likeness (QED) is 0.764. The Morgan fingerprint density at radius 3 is 2.25 bits per heavy atom. The number of amides is 2. The van der Waals surface area contributed by atoms with Gasteiger partial charge in [-0.3, -0.25) is 9.59 Å². The van der Waals surface area contributed by atoms with Crippen LogP contribution in [0.3, 0.4) is 0 Å². The number of carbonyl (C=O) groups excluding carboxylic acids is 2. The summed E-state index contributed by atoms with van der Waals surface area (Å²) in [5.74, 6) is 0.0235. The standard InChI is InChI=1S/C23H28N2O3/c26-21(24-15-17-25-16-9-3-8-14-22(25)27)18-28-23(19-10-4-1-5-11-19)20-12-6-2-7-13-20/h1-2,4-7,10-13,23H,3,8-9,14-18H2,(H,24,26). The molecule has 148 valence electrons. The minimum Gasteiger partial charge on any atom is -0.359 e. The van der Waals surface area contributed by atoms with Crippen molar-refractivity contribution in [1.29, 1.82) is 0 Å². The van der Waals surface area contributed by atoms with Crippen molar-refractivity contribution in [2.24, 2.45) is 0 Å². The van der Waals surface area contributed by atoms with E-state index < -0.39 is 0 Å². The Kier molecular flexibility index (Phi) is 7.62. The number of ether oxygens (including phenoxy) is 1. The first-order valence-electron chi connectivity index (χ1n) is 10.00. The van der Waals surface area contributed by atoms with Gasteiger partial charge in [-0.1, -0.05) is 67.1 Å². The third kappa shape index (κ3) is 5.92. The van der Waals surface area contributed by atoms with Crippen LogP contribution in [0.25, 0.3) is 0 Å². The molecule has 0 radical (unpaired) electrons. The molecule has 1 heterocycles. The van der Waals surface area contributed by atoms with E-state index in [1.54, 1.807) is 0 Å². The maximum Gasteiger partial charge on any atom is 0.246 e. The van der Waals surface area contributed by atoms with Gasteiger partial charge in [0.25, 0.3) is 0 Å². The number of rotatable bonds is 8. The second-order valence-corrected chi connectivity index (χ2v) is 7.05. The number of benzene rings is 2. The molecule has 0 spiro atoms. The van der Waals surface area contributed by atoms with Gasteiger partial charge in [-0.25, -0.2) is 0 Å². The molecule has 3 rings (SSSR count). The summed E-state index contributed by atoms with van der Waals surface area (Å²) in [5.41, 5.74) is 2.02. The first-order chi connectivity index (χ1) is 13.7. The third-order valence-electron chi connectivity index (χ3n) is 4.96. The average Bonchev–Trinajstić information content (AvgIpc) is 2.94. The molecule has 2 aromatic carbocycles. The molecule has 0 aliphatic carbocycles. The molecule has 1 aliphatic heterocycles. The van der Waals surface area contributed by atoms with Crippen molar-refractivity contribution < 1.29 is 14.3 Å². The highest BCUT2D eigenvalue weighted by Crippen LogP contribution is 2.25. The zero-order chi connectivity index (χ0) is 19.6.